The van der Waals surface area contributed by atoms with Crippen molar-refractivity contribution in [1.29, 1.82) is 0 Å². The molecular formula is C29H34ClFN2O4S. The van der Waals surface area contributed by atoms with E-state index in [0.29, 0.717) is 37.0 Å². The molecule has 4 fully saturated rings. The summed E-state index contributed by atoms with van der Waals surface area (Å²) in [5, 5.41) is 0.313. The lowest BCUT2D eigenvalue weighted by molar-refractivity contribution is 0.0977. The normalized spacial score (nSPS) is 20.9. The van der Waals surface area contributed by atoms with Crippen LogP contribution in [-0.4, -0.2) is 44.2 Å². The largest absolute Gasteiger partial charge is 0.493 e. The van der Waals surface area contributed by atoms with Crippen LogP contribution in [0.4, 0.5) is 4.39 Å². The molecule has 0 bridgehead atoms. The monoisotopic (exact) mass is 560 g/mol. The van der Waals surface area contributed by atoms with E-state index in [0.717, 1.165) is 55.9 Å². The third-order valence-corrected chi connectivity index (χ3v) is 10.4. The number of piperidine rings is 1. The zero-order valence-corrected chi connectivity index (χ0v) is 23.0. The highest BCUT2D eigenvalue weighted by Crippen LogP contribution is 2.45. The molecule has 0 aromatic heterocycles. The quantitative estimate of drug-likeness (QED) is 0.400. The van der Waals surface area contributed by atoms with E-state index >= 15 is 0 Å². The Kier molecular flexibility index (Phi) is 7.16. The van der Waals surface area contributed by atoms with Crippen molar-refractivity contribution in [3.05, 3.63) is 63.4 Å². The highest BCUT2D eigenvalue weighted by Gasteiger charge is 2.38. The highest BCUT2D eigenvalue weighted by molar-refractivity contribution is 7.91. The average molecular weight is 561 g/mol. The Morgan fingerprint density at radius 3 is 2.34 bits per heavy atom. The van der Waals surface area contributed by atoms with Gasteiger partial charge in [0, 0.05) is 17.6 Å². The molecule has 38 heavy (non-hydrogen) atoms. The van der Waals surface area contributed by atoms with E-state index in [1.54, 1.807) is 0 Å². The van der Waals surface area contributed by atoms with Crippen molar-refractivity contribution < 1.29 is 22.3 Å². The van der Waals surface area contributed by atoms with Crippen LogP contribution in [0.25, 0.3) is 0 Å². The molecule has 3 saturated carbocycles. The topological polar surface area (TPSA) is 75.7 Å². The van der Waals surface area contributed by atoms with Gasteiger partial charge in [0.1, 0.15) is 11.6 Å². The minimum atomic E-state index is -3.74. The predicted molar refractivity (Wildman–Crippen MR) is 145 cm³/mol. The molecule has 6 rings (SSSR count). The molecule has 4 aliphatic rings. The summed E-state index contributed by atoms with van der Waals surface area (Å²) in [5.74, 6) is 0.0835. The molecule has 2 aromatic rings. The van der Waals surface area contributed by atoms with Crippen LogP contribution >= 0.6 is 11.6 Å². The molecule has 1 heterocycles. The van der Waals surface area contributed by atoms with Crippen LogP contribution in [-0.2, 0) is 16.6 Å². The molecule has 0 unspecified atom stereocenters. The van der Waals surface area contributed by atoms with E-state index in [1.807, 2.05) is 4.72 Å². The Morgan fingerprint density at radius 1 is 1.00 bits per heavy atom. The minimum Gasteiger partial charge on any atom is -0.493 e. The molecule has 0 radical (unpaired) electrons. The third kappa shape index (κ3) is 6.02. The molecule has 1 saturated heterocycles. The lowest BCUT2D eigenvalue weighted by Crippen LogP contribution is -2.35. The van der Waals surface area contributed by atoms with E-state index in [1.165, 1.54) is 36.1 Å². The Labute approximate surface area is 228 Å². The van der Waals surface area contributed by atoms with Crippen molar-refractivity contribution in [2.24, 2.45) is 5.92 Å². The summed E-state index contributed by atoms with van der Waals surface area (Å²) < 4.78 is 47.4. The number of benzene rings is 2. The predicted octanol–water partition coefficient (Wildman–Crippen LogP) is 5.75. The van der Waals surface area contributed by atoms with Gasteiger partial charge < -0.3 is 4.74 Å². The van der Waals surface area contributed by atoms with E-state index in [4.69, 9.17) is 16.3 Å². The van der Waals surface area contributed by atoms with E-state index < -0.39 is 27.0 Å². The number of nitrogens with zero attached hydrogens (tertiary/aromatic N) is 1. The first kappa shape index (κ1) is 26.1. The number of carbonyl (C=O) groups excluding carboxylic acids is 1. The van der Waals surface area contributed by atoms with Gasteiger partial charge in [0.05, 0.1) is 17.4 Å². The molecular weight excluding hydrogens is 527 g/mol. The van der Waals surface area contributed by atoms with Gasteiger partial charge in [-0.25, -0.2) is 17.5 Å². The standard InChI is InChI=1S/C29H34ClFN2O4S/c30-26-13-21(19-1-2-19)5-6-22(26)16-33-11-9-18(10-12-33)17-37-28-15-27(31)25(14-24(28)20-3-4-20)29(34)32-38(35,36)23-7-8-23/h5-6,13-15,18-20,23H,1-4,7-12,16-17H2,(H,32,34). The van der Waals surface area contributed by atoms with Gasteiger partial charge in [-0.1, -0.05) is 23.7 Å². The fraction of sp³-hybridized carbons (Fsp3) is 0.552. The first-order valence-electron chi connectivity index (χ1n) is 13.8. The molecule has 1 N–H and O–H groups in total. The SMILES string of the molecule is O=C(NS(=O)(=O)C1CC1)c1cc(C2CC2)c(OCC2CCN(Cc3ccc(C4CC4)cc3Cl)CC2)cc1F. The van der Waals surface area contributed by atoms with Gasteiger partial charge in [0.25, 0.3) is 5.91 Å². The first-order valence-corrected chi connectivity index (χ1v) is 15.7. The van der Waals surface area contributed by atoms with Crippen molar-refractivity contribution in [2.75, 3.05) is 19.7 Å². The van der Waals surface area contributed by atoms with E-state index in [-0.39, 0.29) is 11.5 Å². The third-order valence-electron chi connectivity index (χ3n) is 8.26. The number of sulfonamides is 1. The Bertz CT molecular complexity index is 1330. The summed E-state index contributed by atoms with van der Waals surface area (Å²) in [6.45, 7) is 3.24. The van der Waals surface area contributed by atoms with Gasteiger partial charge in [-0.15, -0.1) is 0 Å². The van der Waals surface area contributed by atoms with E-state index in [2.05, 4.69) is 23.1 Å². The summed E-state index contributed by atoms with van der Waals surface area (Å²) in [6, 6.07) is 9.27. The average Bonchev–Trinajstić information content (AvgIpc) is 3.73. The molecule has 1 amide bonds. The Balaban J connectivity index is 1.04. The van der Waals surface area contributed by atoms with Crippen LogP contribution in [0, 0.1) is 11.7 Å². The summed E-state index contributed by atoms with van der Waals surface area (Å²) in [5.41, 5.74) is 3.08. The molecule has 6 nitrogen and oxygen atoms in total. The molecule has 204 valence electrons. The lowest BCUT2D eigenvalue weighted by Gasteiger charge is -2.32. The molecule has 0 spiro atoms. The second-order valence-electron chi connectivity index (χ2n) is 11.5. The van der Waals surface area contributed by atoms with Gasteiger partial charge >= 0.3 is 0 Å². The number of carbonyl (C=O) groups is 1. The van der Waals surface area contributed by atoms with Crippen LogP contribution < -0.4 is 9.46 Å². The number of hydrogen-bond donors (Lipinski definition) is 1. The molecule has 1 aliphatic heterocycles. The van der Waals surface area contributed by atoms with Gasteiger partial charge in [0.15, 0.2) is 0 Å². The zero-order valence-electron chi connectivity index (χ0n) is 21.4. The van der Waals surface area contributed by atoms with Crippen molar-refractivity contribution >= 4 is 27.5 Å². The highest BCUT2D eigenvalue weighted by atomic mass is 35.5. The molecule has 0 atom stereocenters. The maximum Gasteiger partial charge on any atom is 0.267 e. The van der Waals surface area contributed by atoms with Gasteiger partial charge in [-0.2, -0.15) is 0 Å². The number of ether oxygens (including phenoxy) is 1. The summed E-state index contributed by atoms with van der Waals surface area (Å²) in [6.07, 6.45) is 7.47. The number of nitrogens with one attached hydrogen (secondary N) is 1. The zero-order chi connectivity index (χ0) is 26.4. The lowest BCUT2D eigenvalue weighted by atomic mass is 9.97. The number of halogens is 2. The second-order valence-corrected chi connectivity index (χ2v) is 13.8. The van der Waals surface area contributed by atoms with Gasteiger partial charge in [-0.05, 0) is 111 Å². The smallest absolute Gasteiger partial charge is 0.267 e. The van der Waals surface area contributed by atoms with Crippen LogP contribution in [0.2, 0.25) is 5.02 Å². The van der Waals surface area contributed by atoms with E-state index in [9.17, 15) is 17.6 Å². The fourth-order valence-corrected chi connectivity index (χ4v) is 6.89. The summed E-state index contributed by atoms with van der Waals surface area (Å²) >= 11 is 6.57. The van der Waals surface area contributed by atoms with Crippen LogP contribution in [0.5, 0.6) is 5.75 Å². The van der Waals surface area contributed by atoms with Gasteiger partial charge in [0.2, 0.25) is 10.0 Å². The van der Waals surface area contributed by atoms with Crippen molar-refractivity contribution in [1.82, 2.24) is 9.62 Å². The number of amides is 1. The maximum atomic E-state index is 14.9. The molecule has 3 aliphatic carbocycles. The minimum absolute atomic E-state index is 0.218. The van der Waals surface area contributed by atoms with Crippen LogP contribution in [0.3, 0.4) is 0 Å². The number of rotatable bonds is 10. The number of hydrogen-bond acceptors (Lipinski definition) is 5. The first-order chi connectivity index (χ1) is 18.3. The molecule has 2 aromatic carbocycles. The Morgan fingerprint density at radius 2 is 1.71 bits per heavy atom. The van der Waals surface area contributed by atoms with Crippen LogP contribution in [0.15, 0.2) is 30.3 Å². The van der Waals surface area contributed by atoms with Crippen molar-refractivity contribution in [3.8, 4) is 5.75 Å². The summed E-state index contributed by atoms with van der Waals surface area (Å²) in [4.78, 5) is 15.0. The van der Waals surface area contributed by atoms with Gasteiger partial charge in [-0.3, -0.25) is 9.69 Å². The van der Waals surface area contributed by atoms with Crippen molar-refractivity contribution in [3.63, 3.8) is 0 Å². The van der Waals surface area contributed by atoms with Crippen LogP contribution in [0.1, 0.15) is 90.3 Å². The molecule has 9 heteroatoms. The second kappa shape index (κ2) is 10.4. The summed E-state index contributed by atoms with van der Waals surface area (Å²) in [7, 11) is -3.74. The Hall–Kier alpha value is -2.16. The maximum absolute atomic E-state index is 14.9. The fourth-order valence-electron chi connectivity index (χ4n) is 5.35. The number of likely N-dealkylation sites (tertiary alicyclic amines) is 1. The van der Waals surface area contributed by atoms with Crippen molar-refractivity contribution in [2.45, 2.75) is 75.0 Å².